The average Bonchev–Trinajstić information content (AvgIpc) is 2.97. The minimum atomic E-state index is 0.533. The number of halogens is 1. The summed E-state index contributed by atoms with van der Waals surface area (Å²) in [5.74, 6) is 1.98. The van der Waals surface area contributed by atoms with E-state index in [0.717, 1.165) is 37.6 Å². The molecule has 1 aromatic carbocycles. The predicted octanol–water partition coefficient (Wildman–Crippen LogP) is 2.30. The summed E-state index contributed by atoms with van der Waals surface area (Å²) < 4.78 is 0. The lowest BCUT2D eigenvalue weighted by Crippen LogP contribution is -2.38. The van der Waals surface area contributed by atoms with Crippen LogP contribution >= 0.6 is 11.6 Å². The minimum Gasteiger partial charge on any atom is -0.339 e. The van der Waals surface area contributed by atoms with Crippen molar-refractivity contribution >= 4 is 17.5 Å². The second-order valence-corrected chi connectivity index (χ2v) is 5.56. The number of nitrogens with zero attached hydrogens (tertiary/aromatic N) is 3. The lowest BCUT2D eigenvalue weighted by Gasteiger charge is -2.31. The van der Waals surface area contributed by atoms with Crippen LogP contribution in [0.5, 0.6) is 0 Å². The van der Waals surface area contributed by atoms with Crippen LogP contribution in [0.3, 0.4) is 0 Å². The monoisotopic (exact) mass is 291 g/mol. The first-order valence-corrected chi connectivity index (χ1v) is 7.28. The Hall–Kier alpha value is -1.59. The van der Waals surface area contributed by atoms with Crippen LogP contribution in [0.15, 0.2) is 24.3 Å². The van der Waals surface area contributed by atoms with Crippen molar-refractivity contribution in [1.29, 1.82) is 0 Å². The van der Waals surface area contributed by atoms with Crippen molar-refractivity contribution in [1.82, 2.24) is 15.2 Å². The molecule has 106 valence electrons. The molecule has 1 fully saturated rings. The van der Waals surface area contributed by atoms with E-state index in [4.69, 9.17) is 17.3 Å². The molecule has 0 aliphatic carbocycles. The highest BCUT2D eigenvalue weighted by molar-refractivity contribution is 6.33. The fourth-order valence-corrected chi connectivity index (χ4v) is 2.83. The van der Waals surface area contributed by atoms with E-state index in [1.54, 1.807) is 0 Å². The van der Waals surface area contributed by atoms with Gasteiger partial charge >= 0.3 is 0 Å². The summed E-state index contributed by atoms with van der Waals surface area (Å²) in [6.45, 7) is 2.63. The fourth-order valence-electron chi connectivity index (χ4n) is 2.61. The van der Waals surface area contributed by atoms with E-state index in [9.17, 15) is 0 Å². The zero-order valence-electron chi connectivity index (χ0n) is 11.2. The second-order valence-electron chi connectivity index (χ2n) is 5.15. The van der Waals surface area contributed by atoms with Gasteiger partial charge < -0.3 is 10.6 Å². The number of hydrogen-bond acceptors (Lipinski definition) is 4. The molecule has 5 nitrogen and oxygen atoms in total. The number of H-pyrrole nitrogens is 1. The predicted molar refractivity (Wildman–Crippen MR) is 80.8 cm³/mol. The molecule has 20 heavy (non-hydrogen) atoms. The fraction of sp³-hybridized carbons (Fsp3) is 0.429. The van der Waals surface area contributed by atoms with Gasteiger partial charge in [-0.3, -0.25) is 5.10 Å². The molecule has 3 N–H and O–H groups in total. The molecular weight excluding hydrogens is 274 g/mol. The normalized spacial score (nSPS) is 19.3. The molecule has 3 rings (SSSR count). The minimum absolute atomic E-state index is 0.533. The van der Waals surface area contributed by atoms with E-state index in [1.807, 2.05) is 24.3 Å². The number of nitrogens with one attached hydrogen (secondary N) is 1. The first kappa shape index (κ1) is 13.4. The van der Waals surface area contributed by atoms with Gasteiger partial charge in [0.25, 0.3) is 0 Å². The van der Waals surface area contributed by atoms with Gasteiger partial charge in [0.15, 0.2) is 5.82 Å². The van der Waals surface area contributed by atoms with E-state index in [-0.39, 0.29) is 0 Å². The van der Waals surface area contributed by atoms with Crippen LogP contribution in [0.2, 0.25) is 5.02 Å². The molecule has 6 heteroatoms. The number of nitrogens with two attached hydrogens (primary N) is 1. The number of aromatic amines is 1. The number of piperidine rings is 1. The highest BCUT2D eigenvalue weighted by Gasteiger charge is 2.22. The Labute approximate surface area is 123 Å². The van der Waals surface area contributed by atoms with E-state index < -0.39 is 0 Å². The summed E-state index contributed by atoms with van der Waals surface area (Å²) >= 11 is 6.18. The molecule has 0 amide bonds. The van der Waals surface area contributed by atoms with Gasteiger partial charge in [-0.05, 0) is 37.4 Å². The third-order valence-electron chi connectivity index (χ3n) is 3.74. The zero-order valence-corrected chi connectivity index (χ0v) is 12.0. The van der Waals surface area contributed by atoms with Crippen molar-refractivity contribution in [2.75, 3.05) is 24.5 Å². The van der Waals surface area contributed by atoms with Crippen LogP contribution in [0.4, 0.5) is 5.95 Å². The van der Waals surface area contributed by atoms with E-state index >= 15 is 0 Å². The summed E-state index contributed by atoms with van der Waals surface area (Å²) in [6.07, 6.45) is 2.33. The largest absolute Gasteiger partial charge is 0.339 e. The van der Waals surface area contributed by atoms with Crippen LogP contribution in [-0.4, -0.2) is 34.8 Å². The maximum Gasteiger partial charge on any atom is 0.245 e. The van der Waals surface area contributed by atoms with Gasteiger partial charge in [-0.25, -0.2) is 0 Å². The Kier molecular flexibility index (Phi) is 3.89. The number of hydrogen-bond donors (Lipinski definition) is 2. The lowest BCUT2D eigenvalue weighted by molar-refractivity contribution is 0.420. The van der Waals surface area contributed by atoms with Gasteiger partial charge in [-0.15, -0.1) is 5.10 Å². The van der Waals surface area contributed by atoms with E-state index in [0.29, 0.717) is 16.8 Å². The number of anilines is 1. The molecule has 1 aliphatic rings. The molecular formula is C14H18ClN5. The van der Waals surface area contributed by atoms with Crippen molar-refractivity contribution in [2.45, 2.75) is 12.8 Å². The molecule has 2 aromatic rings. The quantitative estimate of drug-likeness (QED) is 0.910. The van der Waals surface area contributed by atoms with Crippen LogP contribution < -0.4 is 10.6 Å². The van der Waals surface area contributed by atoms with Gasteiger partial charge in [-0.1, -0.05) is 23.7 Å². The highest BCUT2D eigenvalue weighted by Crippen LogP contribution is 2.26. The smallest absolute Gasteiger partial charge is 0.245 e. The van der Waals surface area contributed by atoms with E-state index in [1.165, 1.54) is 6.42 Å². The average molecular weight is 292 g/mol. The summed E-state index contributed by atoms with van der Waals surface area (Å²) in [5, 5.41) is 7.97. The van der Waals surface area contributed by atoms with Crippen molar-refractivity contribution < 1.29 is 0 Å². The Bertz CT molecular complexity index is 582. The first-order valence-electron chi connectivity index (χ1n) is 6.90. The number of aromatic nitrogens is 3. The first-order chi connectivity index (χ1) is 9.78. The van der Waals surface area contributed by atoms with Crippen LogP contribution in [0, 0.1) is 5.92 Å². The molecule has 1 aliphatic heterocycles. The molecule has 1 saturated heterocycles. The zero-order chi connectivity index (χ0) is 13.9. The van der Waals surface area contributed by atoms with Crippen molar-refractivity contribution in [3.8, 4) is 11.4 Å². The standard InChI is InChI=1S/C14H18ClN5/c15-12-6-2-1-5-11(12)13-17-14(19-18-13)20-7-3-4-10(8-16)9-20/h1-2,5-6,10H,3-4,7-9,16H2,(H,17,18,19). The SMILES string of the molecule is NCC1CCCN(c2n[nH]c(-c3ccccc3Cl)n2)C1. The van der Waals surface area contributed by atoms with Gasteiger partial charge in [0.2, 0.25) is 5.95 Å². The maximum absolute atomic E-state index is 6.18. The van der Waals surface area contributed by atoms with Gasteiger partial charge in [0.05, 0.1) is 5.02 Å². The molecule has 0 spiro atoms. The molecule has 0 bridgehead atoms. The van der Waals surface area contributed by atoms with Gasteiger partial charge in [0, 0.05) is 18.7 Å². The molecule has 0 radical (unpaired) electrons. The third-order valence-corrected chi connectivity index (χ3v) is 4.07. The van der Waals surface area contributed by atoms with Crippen molar-refractivity contribution in [3.63, 3.8) is 0 Å². The van der Waals surface area contributed by atoms with Crippen LogP contribution in [0.1, 0.15) is 12.8 Å². The lowest BCUT2D eigenvalue weighted by atomic mass is 9.99. The second kappa shape index (κ2) is 5.81. The Morgan fingerprint density at radius 3 is 3.05 bits per heavy atom. The molecule has 1 unspecified atom stereocenters. The topological polar surface area (TPSA) is 70.8 Å². The summed E-state index contributed by atoms with van der Waals surface area (Å²) in [7, 11) is 0. The number of benzene rings is 1. The summed E-state index contributed by atoms with van der Waals surface area (Å²) in [5.41, 5.74) is 6.64. The van der Waals surface area contributed by atoms with Gasteiger partial charge in [0.1, 0.15) is 0 Å². The Balaban J connectivity index is 1.82. The Morgan fingerprint density at radius 2 is 2.25 bits per heavy atom. The summed E-state index contributed by atoms with van der Waals surface area (Å²) in [4.78, 5) is 6.76. The maximum atomic E-state index is 6.18. The highest BCUT2D eigenvalue weighted by atomic mass is 35.5. The van der Waals surface area contributed by atoms with Gasteiger partial charge in [-0.2, -0.15) is 4.98 Å². The van der Waals surface area contributed by atoms with Crippen molar-refractivity contribution in [3.05, 3.63) is 29.3 Å². The van der Waals surface area contributed by atoms with E-state index in [2.05, 4.69) is 20.1 Å². The third kappa shape index (κ3) is 2.64. The van der Waals surface area contributed by atoms with Crippen molar-refractivity contribution in [2.24, 2.45) is 11.7 Å². The molecule has 0 saturated carbocycles. The molecule has 2 heterocycles. The molecule has 1 atom stereocenters. The Morgan fingerprint density at radius 1 is 1.40 bits per heavy atom. The number of rotatable bonds is 3. The van der Waals surface area contributed by atoms with Crippen LogP contribution in [0.25, 0.3) is 11.4 Å². The van der Waals surface area contributed by atoms with Crippen LogP contribution in [-0.2, 0) is 0 Å². The molecule has 1 aromatic heterocycles. The summed E-state index contributed by atoms with van der Waals surface area (Å²) in [6, 6.07) is 7.63.